The summed E-state index contributed by atoms with van der Waals surface area (Å²) in [6.45, 7) is 0. The number of amides is 1. The number of nitrogens with one attached hydrogen (secondary N) is 1. The predicted octanol–water partition coefficient (Wildman–Crippen LogP) is 2.73. The Bertz CT molecular complexity index is 738. The summed E-state index contributed by atoms with van der Waals surface area (Å²) in [6.07, 6.45) is 9.29. The minimum Gasteiger partial charge on any atom is -0.393 e. The quantitative estimate of drug-likeness (QED) is 0.886. The van der Waals surface area contributed by atoms with Crippen LogP contribution in [0.2, 0.25) is 0 Å². The summed E-state index contributed by atoms with van der Waals surface area (Å²) < 4.78 is 0. The average molecular weight is 357 g/mol. The molecule has 0 radical (unpaired) electrons. The van der Waals surface area contributed by atoms with Crippen LogP contribution in [0, 0.1) is 5.92 Å². The summed E-state index contributed by atoms with van der Waals surface area (Å²) in [4.78, 5) is 22.8. The second-order valence-electron chi connectivity index (χ2n) is 7.08. The molecule has 2 N–H and O–H groups in total. The Labute approximate surface area is 151 Å². The van der Waals surface area contributed by atoms with Gasteiger partial charge in [-0.15, -0.1) is 11.3 Å². The summed E-state index contributed by atoms with van der Waals surface area (Å²) >= 11 is 1.74. The molecule has 4 rings (SSSR count). The first-order valence-electron chi connectivity index (χ1n) is 9.06. The first-order valence-corrected chi connectivity index (χ1v) is 9.88. The lowest BCUT2D eigenvalue weighted by molar-refractivity contribution is -0.126. The van der Waals surface area contributed by atoms with Crippen LogP contribution in [0.4, 0.5) is 0 Å². The predicted molar refractivity (Wildman–Crippen MR) is 97.3 cm³/mol. The lowest BCUT2D eigenvalue weighted by atomic mass is 9.88. The molecule has 1 saturated carbocycles. The Kier molecular flexibility index (Phi) is 4.81. The Morgan fingerprint density at radius 1 is 1.16 bits per heavy atom. The van der Waals surface area contributed by atoms with Gasteiger partial charge in [-0.3, -0.25) is 9.78 Å². The zero-order valence-electron chi connectivity index (χ0n) is 14.1. The van der Waals surface area contributed by atoms with Crippen LogP contribution in [0.15, 0.2) is 24.5 Å². The molecule has 1 unspecified atom stereocenters. The van der Waals surface area contributed by atoms with Gasteiger partial charge in [0.25, 0.3) is 0 Å². The van der Waals surface area contributed by atoms with E-state index >= 15 is 0 Å². The molecular formula is C19H23N3O2S. The second kappa shape index (κ2) is 7.22. The lowest BCUT2D eigenvalue weighted by Crippen LogP contribution is -2.42. The summed E-state index contributed by atoms with van der Waals surface area (Å²) in [5, 5.41) is 13.8. The van der Waals surface area contributed by atoms with E-state index in [2.05, 4.69) is 10.3 Å². The summed E-state index contributed by atoms with van der Waals surface area (Å²) in [5.74, 6) is 0.178. The Morgan fingerprint density at radius 3 is 2.68 bits per heavy atom. The topological polar surface area (TPSA) is 75.1 Å². The number of nitrogens with zero attached hydrogens (tertiary/aromatic N) is 2. The van der Waals surface area contributed by atoms with Crippen LogP contribution in [0.5, 0.6) is 0 Å². The zero-order valence-corrected chi connectivity index (χ0v) is 15.0. The van der Waals surface area contributed by atoms with E-state index in [0.29, 0.717) is 0 Å². The molecule has 0 saturated heterocycles. The molecule has 0 spiro atoms. The highest BCUT2D eigenvalue weighted by atomic mass is 32.1. The Balaban J connectivity index is 1.40. The molecule has 25 heavy (non-hydrogen) atoms. The van der Waals surface area contributed by atoms with Gasteiger partial charge in [0.2, 0.25) is 5.91 Å². The zero-order chi connectivity index (χ0) is 17.2. The fraction of sp³-hybridized carbons (Fsp3) is 0.526. The van der Waals surface area contributed by atoms with Gasteiger partial charge in [-0.25, -0.2) is 4.98 Å². The van der Waals surface area contributed by atoms with Gasteiger partial charge in [0.05, 0.1) is 11.8 Å². The molecule has 0 aromatic carbocycles. The van der Waals surface area contributed by atoms with E-state index in [1.165, 1.54) is 4.88 Å². The molecule has 2 aliphatic carbocycles. The van der Waals surface area contributed by atoms with Crippen LogP contribution in [0.25, 0.3) is 10.6 Å². The molecule has 0 bridgehead atoms. The first-order chi connectivity index (χ1) is 12.2. The molecule has 5 nitrogen and oxygen atoms in total. The molecule has 0 aliphatic heterocycles. The highest BCUT2D eigenvalue weighted by Gasteiger charge is 2.30. The maximum Gasteiger partial charge on any atom is 0.223 e. The standard InChI is InChI=1S/C19H23N3O2S/c23-15-4-2-14(3-5-15)21-18(24)13-1-6-17-16(11-13)22-19(25-17)12-7-9-20-10-8-12/h7-10,13-15,23H,1-6,11H2,(H,21,24). The maximum absolute atomic E-state index is 12.6. The summed E-state index contributed by atoms with van der Waals surface area (Å²) in [6, 6.07) is 4.18. The minimum atomic E-state index is -0.188. The summed E-state index contributed by atoms with van der Waals surface area (Å²) in [5.41, 5.74) is 2.18. The molecule has 1 fully saturated rings. The largest absolute Gasteiger partial charge is 0.393 e. The van der Waals surface area contributed by atoms with Gasteiger partial charge in [0.1, 0.15) is 5.01 Å². The van der Waals surface area contributed by atoms with Crippen LogP contribution in [0.1, 0.15) is 42.7 Å². The van der Waals surface area contributed by atoms with Gasteiger partial charge in [0, 0.05) is 41.2 Å². The van der Waals surface area contributed by atoms with Crippen molar-refractivity contribution in [1.29, 1.82) is 0 Å². The van der Waals surface area contributed by atoms with Gasteiger partial charge < -0.3 is 10.4 Å². The van der Waals surface area contributed by atoms with E-state index in [1.54, 1.807) is 23.7 Å². The SMILES string of the molecule is O=C(NC1CCC(O)CC1)C1CCc2sc(-c3ccncc3)nc2C1. The normalized spacial score (nSPS) is 26.0. The number of thiazole rings is 1. The fourth-order valence-electron chi connectivity index (χ4n) is 3.76. The van der Waals surface area contributed by atoms with Gasteiger partial charge >= 0.3 is 0 Å². The number of pyridine rings is 1. The molecule has 2 aromatic rings. The number of carbonyl (C=O) groups excluding carboxylic acids is 1. The fourth-order valence-corrected chi connectivity index (χ4v) is 4.87. The first kappa shape index (κ1) is 16.7. The van der Waals surface area contributed by atoms with Crippen molar-refractivity contribution in [1.82, 2.24) is 15.3 Å². The minimum absolute atomic E-state index is 0.0201. The third kappa shape index (κ3) is 3.75. The van der Waals surface area contributed by atoms with Crippen LogP contribution >= 0.6 is 11.3 Å². The third-order valence-corrected chi connectivity index (χ3v) is 6.49. The number of carbonyl (C=O) groups is 1. The van der Waals surface area contributed by atoms with E-state index < -0.39 is 0 Å². The van der Waals surface area contributed by atoms with Crippen molar-refractivity contribution in [3.05, 3.63) is 35.1 Å². The summed E-state index contributed by atoms with van der Waals surface area (Å²) in [7, 11) is 0. The molecular weight excluding hydrogens is 334 g/mol. The highest BCUT2D eigenvalue weighted by molar-refractivity contribution is 7.15. The van der Waals surface area contributed by atoms with Crippen molar-refractivity contribution < 1.29 is 9.90 Å². The van der Waals surface area contributed by atoms with Crippen molar-refractivity contribution in [2.45, 2.75) is 57.1 Å². The molecule has 2 aliphatic rings. The average Bonchev–Trinajstić information content (AvgIpc) is 3.07. The number of aliphatic hydroxyl groups is 1. The Hall–Kier alpha value is -1.79. The number of hydrogen-bond donors (Lipinski definition) is 2. The highest BCUT2D eigenvalue weighted by Crippen LogP contribution is 2.34. The number of rotatable bonds is 3. The monoisotopic (exact) mass is 357 g/mol. The lowest BCUT2D eigenvalue weighted by Gasteiger charge is -2.28. The Morgan fingerprint density at radius 2 is 1.92 bits per heavy atom. The van der Waals surface area contributed by atoms with E-state index in [1.807, 2.05) is 12.1 Å². The van der Waals surface area contributed by atoms with Gasteiger partial charge in [-0.1, -0.05) is 0 Å². The number of aromatic nitrogens is 2. The van der Waals surface area contributed by atoms with Crippen LogP contribution in [0.3, 0.4) is 0 Å². The smallest absolute Gasteiger partial charge is 0.223 e. The van der Waals surface area contributed by atoms with Gasteiger partial charge in [-0.2, -0.15) is 0 Å². The number of aliphatic hydroxyl groups excluding tert-OH is 1. The van der Waals surface area contributed by atoms with Crippen LogP contribution < -0.4 is 5.32 Å². The van der Waals surface area contributed by atoms with E-state index in [-0.39, 0.29) is 24.0 Å². The molecule has 1 atom stereocenters. The van der Waals surface area contributed by atoms with Crippen LogP contribution in [-0.4, -0.2) is 33.1 Å². The molecule has 2 aromatic heterocycles. The van der Waals surface area contributed by atoms with Crippen molar-refractivity contribution in [3.63, 3.8) is 0 Å². The number of aryl methyl sites for hydroxylation is 1. The van der Waals surface area contributed by atoms with Gasteiger partial charge in [0.15, 0.2) is 0 Å². The van der Waals surface area contributed by atoms with Crippen LogP contribution in [-0.2, 0) is 17.6 Å². The van der Waals surface area contributed by atoms with E-state index in [4.69, 9.17) is 4.98 Å². The number of fused-ring (bicyclic) bond motifs is 1. The third-order valence-electron chi connectivity index (χ3n) is 5.28. The van der Waals surface area contributed by atoms with E-state index in [0.717, 1.165) is 61.2 Å². The van der Waals surface area contributed by atoms with Gasteiger partial charge in [-0.05, 0) is 50.7 Å². The van der Waals surface area contributed by atoms with Crippen molar-refractivity contribution in [2.75, 3.05) is 0 Å². The van der Waals surface area contributed by atoms with Crippen molar-refractivity contribution >= 4 is 17.2 Å². The second-order valence-corrected chi connectivity index (χ2v) is 8.16. The van der Waals surface area contributed by atoms with E-state index in [9.17, 15) is 9.90 Å². The molecule has 6 heteroatoms. The van der Waals surface area contributed by atoms with Crippen molar-refractivity contribution in [2.24, 2.45) is 5.92 Å². The molecule has 2 heterocycles. The number of hydrogen-bond acceptors (Lipinski definition) is 5. The molecule has 132 valence electrons. The van der Waals surface area contributed by atoms with Crippen molar-refractivity contribution in [3.8, 4) is 10.6 Å². The molecule has 1 amide bonds. The maximum atomic E-state index is 12.6.